The summed E-state index contributed by atoms with van der Waals surface area (Å²) in [7, 11) is 3.97. The highest BCUT2D eigenvalue weighted by Gasteiger charge is 2.30. The lowest BCUT2D eigenvalue weighted by atomic mass is 10.2. The van der Waals surface area contributed by atoms with Crippen LogP contribution in [0.5, 0.6) is 0 Å². The molecule has 10 heteroatoms. The monoisotopic (exact) mass is 448 g/mol. The zero-order valence-corrected chi connectivity index (χ0v) is 18.9. The van der Waals surface area contributed by atoms with Gasteiger partial charge in [0.1, 0.15) is 5.82 Å². The number of fused-ring (bicyclic) bond motifs is 1. The second-order valence-electron chi connectivity index (χ2n) is 8.70. The van der Waals surface area contributed by atoms with Crippen molar-refractivity contribution in [3.63, 3.8) is 0 Å². The lowest BCUT2D eigenvalue weighted by molar-refractivity contribution is -0.117. The molecule has 2 fully saturated rings. The summed E-state index contributed by atoms with van der Waals surface area (Å²) in [5.41, 5.74) is 2.54. The minimum absolute atomic E-state index is 0.0107. The van der Waals surface area contributed by atoms with Crippen molar-refractivity contribution < 1.29 is 9.59 Å². The van der Waals surface area contributed by atoms with Crippen LogP contribution >= 0.6 is 0 Å². The number of anilines is 4. The number of nitrogens with one attached hydrogen (secondary N) is 2. The third kappa shape index (κ3) is 4.55. The predicted molar refractivity (Wildman–Crippen MR) is 128 cm³/mol. The zero-order valence-electron chi connectivity index (χ0n) is 18.9. The molecule has 1 saturated carbocycles. The molecule has 0 atom stereocenters. The van der Waals surface area contributed by atoms with Crippen molar-refractivity contribution in [2.24, 2.45) is 5.92 Å². The SMILES string of the molecule is CN(C)c1ccc(NC(=O)N2CCN(c3cccc4nc(NC(=O)C5CC5)nn34)CC2)cc1. The van der Waals surface area contributed by atoms with Gasteiger partial charge in [-0.2, -0.15) is 9.50 Å². The van der Waals surface area contributed by atoms with E-state index in [1.54, 1.807) is 4.52 Å². The minimum Gasteiger partial charge on any atom is -0.378 e. The molecule has 2 aliphatic rings. The summed E-state index contributed by atoms with van der Waals surface area (Å²) in [6, 6.07) is 13.5. The largest absolute Gasteiger partial charge is 0.378 e. The lowest BCUT2D eigenvalue weighted by Gasteiger charge is -2.35. The first-order valence-electron chi connectivity index (χ1n) is 11.2. The molecule has 1 saturated heterocycles. The molecule has 172 valence electrons. The quantitative estimate of drug-likeness (QED) is 0.622. The van der Waals surface area contributed by atoms with Crippen molar-refractivity contribution >= 4 is 40.7 Å². The number of rotatable bonds is 5. The number of pyridine rings is 1. The van der Waals surface area contributed by atoms with E-state index in [1.165, 1.54) is 0 Å². The van der Waals surface area contributed by atoms with Gasteiger partial charge in [0.2, 0.25) is 11.9 Å². The Bertz CT molecular complexity index is 1160. The Morgan fingerprint density at radius 3 is 2.36 bits per heavy atom. The van der Waals surface area contributed by atoms with Gasteiger partial charge in [0.15, 0.2) is 5.65 Å². The molecule has 0 unspecified atom stereocenters. The van der Waals surface area contributed by atoms with Crippen LogP contribution in [0.15, 0.2) is 42.5 Å². The van der Waals surface area contributed by atoms with E-state index in [-0.39, 0.29) is 17.9 Å². The van der Waals surface area contributed by atoms with Crippen molar-refractivity contribution in [1.82, 2.24) is 19.5 Å². The third-order valence-corrected chi connectivity index (χ3v) is 6.05. The Labute approximate surface area is 192 Å². The summed E-state index contributed by atoms with van der Waals surface area (Å²) in [5, 5.41) is 10.3. The lowest BCUT2D eigenvalue weighted by Crippen LogP contribution is -2.50. The Hall–Kier alpha value is -3.82. The van der Waals surface area contributed by atoms with Gasteiger partial charge in [-0.3, -0.25) is 10.1 Å². The molecule has 2 N–H and O–H groups in total. The van der Waals surface area contributed by atoms with Gasteiger partial charge in [-0.15, -0.1) is 5.10 Å². The van der Waals surface area contributed by atoms with Gasteiger partial charge in [-0.1, -0.05) is 6.07 Å². The van der Waals surface area contributed by atoms with Crippen LogP contribution in [-0.2, 0) is 4.79 Å². The van der Waals surface area contributed by atoms with Crippen molar-refractivity contribution in [2.75, 3.05) is 60.7 Å². The number of hydrogen-bond donors (Lipinski definition) is 2. The molecule has 2 aromatic heterocycles. The second-order valence-corrected chi connectivity index (χ2v) is 8.70. The third-order valence-electron chi connectivity index (χ3n) is 6.05. The van der Waals surface area contributed by atoms with Crippen LogP contribution in [0, 0.1) is 5.92 Å². The summed E-state index contributed by atoms with van der Waals surface area (Å²) in [5.74, 6) is 1.31. The van der Waals surface area contributed by atoms with Crippen LogP contribution in [0.2, 0.25) is 0 Å². The average Bonchev–Trinajstić information content (AvgIpc) is 3.59. The van der Waals surface area contributed by atoms with Gasteiger partial charge < -0.3 is 20.0 Å². The normalized spacial score (nSPS) is 16.1. The van der Waals surface area contributed by atoms with Crippen molar-refractivity contribution in [1.29, 1.82) is 0 Å². The van der Waals surface area contributed by atoms with Gasteiger partial charge in [0, 0.05) is 57.6 Å². The maximum absolute atomic E-state index is 12.7. The van der Waals surface area contributed by atoms with E-state index < -0.39 is 0 Å². The van der Waals surface area contributed by atoms with Crippen molar-refractivity contribution in [3.8, 4) is 0 Å². The number of nitrogens with zero attached hydrogens (tertiary/aromatic N) is 6. The molecule has 1 aromatic carbocycles. The summed E-state index contributed by atoms with van der Waals surface area (Å²) in [6.45, 7) is 2.54. The fraction of sp³-hybridized carbons (Fsp3) is 0.391. The number of piperazine rings is 1. The topological polar surface area (TPSA) is 98.1 Å². The van der Waals surface area contributed by atoms with E-state index in [0.29, 0.717) is 37.8 Å². The van der Waals surface area contributed by atoms with E-state index >= 15 is 0 Å². The van der Waals surface area contributed by atoms with Crippen LogP contribution in [0.25, 0.3) is 5.65 Å². The molecular weight excluding hydrogens is 420 g/mol. The number of aromatic nitrogens is 3. The summed E-state index contributed by atoms with van der Waals surface area (Å²) in [6.07, 6.45) is 1.87. The van der Waals surface area contributed by atoms with E-state index in [1.807, 2.05) is 66.4 Å². The highest BCUT2D eigenvalue weighted by molar-refractivity contribution is 5.92. The zero-order chi connectivity index (χ0) is 22.9. The number of carbonyl (C=O) groups is 2. The molecule has 0 spiro atoms. The first kappa shape index (κ1) is 21.0. The Morgan fingerprint density at radius 2 is 1.70 bits per heavy atom. The molecule has 33 heavy (non-hydrogen) atoms. The molecule has 3 aromatic rings. The smallest absolute Gasteiger partial charge is 0.321 e. The molecular formula is C23H28N8O2. The van der Waals surface area contributed by atoms with Gasteiger partial charge in [0.05, 0.1) is 0 Å². The van der Waals surface area contributed by atoms with Crippen LogP contribution in [0.1, 0.15) is 12.8 Å². The van der Waals surface area contributed by atoms with Crippen molar-refractivity contribution in [2.45, 2.75) is 12.8 Å². The van der Waals surface area contributed by atoms with E-state index in [4.69, 9.17) is 0 Å². The second kappa shape index (κ2) is 8.61. The van der Waals surface area contributed by atoms with Crippen LogP contribution in [-0.4, -0.2) is 71.7 Å². The molecule has 3 heterocycles. The Morgan fingerprint density at radius 1 is 0.970 bits per heavy atom. The van der Waals surface area contributed by atoms with Gasteiger partial charge in [0.25, 0.3) is 0 Å². The van der Waals surface area contributed by atoms with Gasteiger partial charge in [-0.05, 0) is 49.2 Å². The van der Waals surface area contributed by atoms with Gasteiger partial charge >= 0.3 is 6.03 Å². The van der Waals surface area contributed by atoms with Crippen molar-refractivity contribution in [3.05, 3.63) is 42.5 Å². The maximum atomic E-state index is 12.7. The van der Waals surface area contributed by atoms with E-state index in [0.717, 1.165) is 30.0 Å². The number of hydrogen-bond acceptors (Lipinski definition) is 6. The van der Waals surface area contributed by atoms with E-state index in [2.05, 4.69) is 25.6 Å². The molecule has 3 amide bonds. The van der Waals surface area contributed by atoms with Gasteiger partial charge in [-0.25, -0.2) is 4.79 Å². The first-order chi connectivity index (χ1) is 16.0. The summed E-state index contributed by atoms with van der Waals surface area (Å²) in [4.78, 5) is 35.2. The molecule has 1 aliphatic heterocycles. The van der Waals surface area contributed by atoms with Crippen LogP contribution < -0.4 is 20.4 Å². The van der Waals surface area contributed by atoms with E-state index in [9.17, 15) is 9.59 Å². The predicted octanol–water partition coefficient (Wildman–Crippen LogP) is 2.50. The number of benzene rings is 1. The number of amides is 3. The first-order valence-corrected chi connectivity index (χ1v) is 11.2. The molecule has 5 rings (SSSR count). The highest BCUT2D eigenvalue weighted by Crippen LogP contribution is 2.30. The van der Waals surface area contributed by atoms with Crippen LogP contribution in [0.3, 0.4) is 0 Å². The molecule has 0 radical (unpaired) electrons. The number of carbonyl (C=O) groups excluding carboxylic acids is 2. The molecule has 1 aliphatic carbocycles. The molecule has 10 nitrogen and oxygen atoms in total. The van der Waals surface area contributed by atoms with Crippen LogP contribution in [0.4, 0.5) is 27.9 Å². The average molecular weight is 449 g/mol. The minimum atomic E-state index is -0.101. The Balaban J connectivity index is 1.21. The highest BCUT2D eigenvalue weighted by atomic mass is 16.2. The molecule has 0 bridgehead atoms. The Kier molecular flexibility index (Phi) is 5.49. The fourth-order valence-corrected chi connectivity index (χ4v) is 3.93. The summed E-state index contributed by atoms with van der Waals surface area (Å²) < 4.78 is 1.75. The fourth-order valence-electron chi connectivity index (χ4n) is 3.93. The standard InChI is InChI=1S/C23H28N8O2/c1-28(2)18-10-8-17(9-11-18)24-23(33)30-14-12-29(13-15-30)20-5-3-4-19-25-22(27-31(19)20)26-21(32)16-6-7-16/h3-5,8-11,16H,6-7,12-15H2,1-2H3,(H,24,33)(H,26,27,32). The summed E-state index contributed by atoms with van der Waals surface area (Å²) >= 11 is 0. The maximum Gasteiger partial charge on any atom is 0.321 e. The number of urea groups is 1.